The molecule has 1 atom stereocenters. The molecule has 15 heavy (non-hydrogen) atoms. The fraction of sp³-hybridized carbons (Fsp3) is 0.444. The number of nitrogens with zero attached hydrogens (tertiary/aromatic N) is 2. The zero-order valence-corrected chi connectivity index (χ0v) is 7.92. The molecule has 1 unspecified atom stereocenters. The molecule has 80 valence electrons. The summed E-state index contributed by atoms with van der Waals surface area (Å²) in [5.74, 6) is -0.581. The Labute approximate surface area is 85.9 Å². The van der Waals surface area contributed by atoms with Gasteiger partial charge in [0.2, 0.25) is 0 Å². The summed E-state index contributed by atoms with van der Waals surface area (Å²) in [5.41, 5.74) is 0.0653. The first-order chi connectivity index (χ1) is 7.27. The van der Waals surface area contributed by atoms with Crippen LogP contribution < -0.4 is 0 Å². The van der Waals surface area contributed by atoms with Gasteiger partial charge in [0.05, 0.1) is 25.4 Å². The molecule has 0 amide bonds. The Morgan fingerprint density at radius 2 is 2.13 bits per heavy atom. The van der Waals surface area contributed by atoms with Crippen molar-refractivity contribution in [3.8, 4) is 0 Å². The number of aromatic nitrogens is 2. The van der Waals surface area contributed by atoms with Crippen molar-refractivity contribution in [3.63, 3.8) is 0 Å². The highest BCUT2D eigenvalue weighted by Crippen LogP contribution is 2.16. The number of carboxylic acids is 1. The van der Waals surface area contributed by atoms with Crippen LogP contribution in [-0.2, 0) is 9.47 Å². The summed E-state index contributed by atoms with van der Waals surface area (Å²) in [4.78, 5) is 18.4. The third kappa shape index (κ3) is 2.28. The molecule has 0 saturated carbocycles. The molecular formula is C9H10N2O4. The molecule has 1 saturated heterocycles. The lowest BCUT2D eigenvalue weighted by atomic mass is 10.3. The number of ether oxygens (including phenoxy) is 2. The van der Waals surface area contributed by atoms with Crippen LogP contribution in [0.2, 0.25) is 0 Å². The number of hydrogen-bond donors (Lipinski definition) is 1. The largest absolute Gasteiger partial charge is 0.478 e. The van der Waals surface area contributed by atoms with Crippen molar-refractivity contribution in [3.05, 3.63) is 23.8 Å². The van der Waals surface area contributed by atoms with Gasteiger partial charge in [-0.25, -0.2) is 14.8 Å². The van der Waals surface area contributed by atoms with Crippen LogP contribution >= 0.6 is 0 Å². The Balaban J connectivity index is 2.11. The van der Waals surface area contributed by atoms with E-state index in [0.29, 0.717) is 25.6 Å². The Morgan fingerprint density at radius 1 is 1.40 bits per heavy atom. The summed E-state index contributed by atoms with van der Waals surface area (Å²) in [5, 5.41) is 8.65. The summed E-state index contributed by atoms with van der Waals surface area (Å²) < 4.78 is 10.6. The fourth-order valence-corrected chi connectivity index (χ4v) is 1.25. The smallest absolute Gasteiger partial charge is 0.338 e. The molecule has 0 bridgehead atoms. The van der Waals surface area contributed by atoms with Gasteiger partial charge in [-0.15, -0.1) is 0 Å². The Bertz CT molecular complexity index is 346. The third-order valence-electron chi connectivity index (χ3n) is 2.02. The second-order valence-corrected chi connectivity index (χ2v) is 3.07. The first-order valence-electron chi connectivity index (χ1n) is 4.52. The molecular weight excluding hydrogens is 200 g/mol. The van der Waals surface area contributed by atoms with Crippen LogP contribution in [0.3, 0.4) is 0 Å². The molecule has 2 heterocycles. The van der Waals surface area contributed by atoms with Crippen LogP contribution in [0.25, 0.3) is 0 Å². The van der Waals surface area contributed by atoms with Crippen LogP contribution in [-0.4, -0.2) is 40.9 Å². The maximum atomic E-state index is 10.6. The molecule has 0 aliphatic carbocycles. The average Bonchev–Trinajstić information content (AvgIpc) is 2.30. The van der Waals surface area contributed by atoms with Crippen LogP contribution in [0.4, 0.5) is 0 Å². The van der Waals surface area contributed by atoms with Crippen LogP contribution in [0.5, 0.6) is 0 Å². The van der Waals surface area contributed by atoms with E-state index in [9.17, 15) is 4.79 Å². The van der Waals surface area contributed by atoms with Crippen molar-refractivity contribution in [2.45, 2.75) is 6.10 Å². The molecule has 1 N–H and O–H groups in total. The van der Waals surface area contributed by atoms with E-state index in [1.54, 1.807) is 0 Å². The predicted octanol–water partition coefficient (Wildman–Crippen LogP) is 0.263. The highest BCUT2D eigenvalue weighted by Gasteiger charge is 2.19. The van der Waals surface area contributed by atoms with E-state index in [1.807, 2.05) is 0 Å². The van der Waals surface area contributed by atoms with Crippen molar-refractivity contribution < 1.29 is 19.4 Å². The Morgan fingerprint density at radius 3 is 2.67 bits per heavy atom. The molecule has 2 rings (SSSR count). The lowest BCUT2D eigenvalue weighted by molar-refractivity contribution is -0.0935. The second-order valence-electron chi connectivity index (χ2n) is 3.07. The van der Waals surface area contributed by atoms with E-state index in [2.05, 4.69) is 9.97 Å². The molecule has 0 spiro atoms. The molecule has 1 aliphatic heterocycles. The maximum Gasteiger partial charge on any atom is 0.338 e. The SMILES string of the molecule is O=C(O)c1cnc(C2COCCO2)nc1. The molecule has 1 fully saturated rings. The summed E-state index contributed by atoms with van der Waals surface area (Å²) in [6.45, 7) is 1.49. The first-order valence-corrected chi connectivity index (χ1v) is 4.52. The predicted molar refractivity (Wildman–Crippen MR) is 48.5 cm³/mol. The van der Waals surface area contributed by atoms with E-state index in [-0.39, 0.29) is 11.7 Å². The summed E-state index contributed by atoms with van der Waals surface area (Å²) >= 11 is 0. The van der Waals surface area contributed by atoms with Gasteiger partial charge in [0.15, 0.2) is 5.82 Å². The molecule has 6 nitrogen and oxygen atoms in total. The minimum Gasteiger partial charge on any atom is -0.478 e. The van der Waals surface area contributed by atoms with Gasteiger partial charge in [0, 0.05) is 12.4 Å². The molecule has 1 aromatic rings. The van der Waals surface area contributed by atoms with Crippen LogP contribution in [0.15, 0.2) is 12.4 Å². The lowest BCUT2D eigenvalue weighted by Crippen LogP contribution is -2.23. The van der Waals surface area contributed by atoms with Gasteiger partial charge in [-0.05, 0) is 0 Å². The number of carbonyl (C=O) groups is 1. The Kier molecular flexibility index (Phi) is 2.89. The van der Waals surface area contributed by atoms with Gasteiger partial charge < -0.3 is 14.6 Å². The summed E-state index contributed by atoms with van der Waals surface area (Å²) in [6, 6.07) is 0. The van der Waals surface area contributed by atoms with Gasteiger partial charge in [0.25, 0.3) is 0 Å². The normalized spacial score (nSPS) is 21.2. The van der Waals surface area contributed by atoms with Gasteiger partial charge in [0.1, 0.15) is 6.10 Å². The minimum absolute atomic E-state index is 0.0653. The van der Waals surface area contributed by atoms with Gasteiger partial charge in [-0.2, -0.15) is 0 Å². The fourth-order valence-electron chi connectivity index (χ4n) is 1.25. The standard InChI is InChI=1S/C9H10N2O4/c12-9(13)6-3-10-8(11-4-6)7-5-14-1-2-15-7/h3-4,7H,1-2,5H2,(H,12,13). The number of aromatic carboxylic acids is 1. The highest BCUT2D eigenvalue weighted by atomic mass is 16.6. The van der Waals surface area contributed by atoms with Gasteiger partial charge in [-0.3, -0.25) is 0 Å². The molecule has 0 radical (unpaired) electrons. The molecule has 1 aliphatic rings. The van der Waals surface area contributed by atoms with Gasteiger partial charge in [-0.1, -0.05) is 0 Å². The lowest BCUT2D eigenvalue weighted by Gasteiger charge is -2.21. The van der Waals surface area contributed by atoms with Gasteiger partial charge >= 0.3 is 5.97 Å². The zero-order chi connectivity index (χ0) is 10.7. The quantitative estimate of drug-likeness (QED) is 0.754. The number of rotatable bonds is 2. The maximum absolute atomic E-state index is 10.6. The highest BCUT2D eigenvalue weighted by molar-refractivity contribution is 5.86. The van der Waals surface area contributed by atoms with Crippen LogP contribution in [0, 0.1) is 0 Å². The monoisotopic (exact) mass is 210 g/mol. The van der Waals surface area contributed by atoms with E-state index in [0.717, 1.165) is 0 Å². The van der Waals surface area contributed by atoms with Crippen LogP contribution in [0.1, 0.15) is 22.3 Å². The molecule has 1 aromatic heterocycles. The number of carboxylic acid groups (broad SMARTS) is 1. The minimum atomic E-state index is -1.04. The zero-order valence-electron chi connectivity index (χ0n) is 7.92. The van der Waals surface area contributed by atoms with Crippen molar-refractivity contribution in [2.24, 2.45) is 0 Å². The van der Waals surface area contributed by atoms with E-state index >= 15 is 0 Å². The van der Waals surface area contributed by atoms with E-state index < -0.39 is 5.97 Å². The Hall–Kier alpha value is -1.53. The summed E-state index contributed by atoms with van der Waals surface area (Å²) in [6.07, 6.45) is 2.24. The van der Waals surface area contributed by atoms with Crippen molar-refractivity contribution >= 4 is 5.97 Å². The number of hydrogen-bond acceptors (Lipinski definition) is 5. The topological polar surface area (TPSA) is 81.5 Å². The van der Waals surface area contributed by atoms with E-state index in [4.69, 9.17) is 14.6 Å². The third-order valence-corrected chi connectivity index (χ3v) is 2.02. The average molecular weight is 210 g/mol. The van der Waals surface area contributed by atoms with Crippen molar-refractivity contribution in [2.75, 3.05) is 19.8 Å². The van der Waals surface area contributed by atoms with E-state index in [1.165, 1.54) is 12.4 Å². The van der Waals surface area contributed by atoms with Crippen molar-refractivity contribution in [1.29, 1.82) is 0 Å². The second kappa shape index (κ2) is 4.33. The molecule has 6 heteroatoms. The van der Waals surface area contributed by atoms with Crippen molar-refractivity contribution in [1.82, 2.24) is 9.97 Å². The first kappa shape index (κ1) is 10.0. The summed E-state index contributed by atoms with van der Waals surface area (Å²) in [7, 11) is 0. The molecule has 0 aromatic carbocycles.